The van der Waals surface area contributed by atoms with Crippen LogP contribution < -0.4 is 14.2 Å². The predicted molar refractivity (Wildman–Crippen MR) is 67.5 cm³/mol. The molecule has 0 bridgehead atoms. The summed E-state index contributed by atoms with van der Waals surface area (Å²) in [6, 6.07) is 5.45. The van der Waals surface area contributed by atoms with Gasteiger partial charge in [0.1, 0.15) is 6.10 Å². The van der Waals surface area contributed by atoms with E-state index in [1.54, 1.807) is 30.6 Å². The maximum absolute atomic E-state index is 10.3. The van der Waals surface area contributed by atoms with Gasteiger partial charge < -0.3 is 19.3 Å². The van der Waals surface area contributed by atoms with E-state index in [1.807, 2.05) is 16.8 Å². The van der Waals surface area contributed by atoms with Crippen LogP contribution >= 0.6 is 11.3 Å². The van der Waals surface area contributed by atoms with Gasteiger partial charge in [-0.2, -0.15) is 11.3 Å². The third-order valence-electron chi connectivity index (χ3n) is 2.86. The highest BCUT2D eigenvalue weighted by Crippen LogP contribution is 2.43. The van der Waals surface area contributed by atoms with Gasteiger partial charge in [-0.05, 0) is 40.1 Å². The van der Waals surface area contributed by atoms with E-state index >= 15 is 0 Å². The van der Waals surface area contributed by atoms with E-state index < -0.39 is 6.10 Å². The molecule has 0 spiro atoms. The lowest BCUT2D eigenvalue weighted by atomic mass is 10.0. The number of benzene rings is 1. The van der Waals surface area contributed by atoms with Crippen molar-refractivity contribution in [2.45, 2.75) is 6.10 Å². The van der Waals surface area contributed by atoms with Crippen LogP contribution in [0.4, 0.5) is 0 Å². The van der Waals surface area contributed by atoms with Crippen molar-refractivity contribution >= 4 is 11.3 Å². The Hall–Kier alpha value is -1.72. The second-order valence-electron chi connectivity index (χ2n) is 3.92. The predicted octanol–water partition coefficient (Wildman–Crippen LogP) is 2.57. The minimum atomic E-state index is -0.681. The van der Waals surface area contributed by atoms with E-state index in [2.05, 4.69) is 0 Å². The molecule has 0 saturated heterocycles. The number of hydrogen-bond acceptors (Lipinski definition) is 5. The highest BCUT2D eigenvalue weighted by Gasteiger charge is 2.23. The van der Waals surface area contributed by atoms with Crippen LogP contribution in [0.1, 0.15) is 17.2 Å². The van der Waals surface area contributed by atoms with Gasteiger partial charge in [0.2, 0.25) is 12.5 Å². The largest absolute Gasteiger partial charge is 0.493 e. The molecule has 1 N–H and O–H groups in total. The molecule has 94 valence electrons. The lowest BCUT2D eigenvalue weighted by molar-refractivity contribution is 0.171. The van der Waals surface area contributed by atoms with E-state index in [-0.39, 0.29) is 6.79 Å². The molecule has 2 heterocycles. The maximum Gasteiger partial charge on any atom is 0.231 e. The smallest absolute Gasteiger partial charge is 0.231 e. The number of hydrogen-bond donors (Lipinski definition) is 1. The van der Waals surface area contributed by atoms with Crippen LogP contribution in [-0.4, -0.2) is 19.0 Å². The minimum absolute atomic E-state index is 0.184. The Morgan fingerprint density at radius 2 is 2.22 bits per heavy atom. The van der Waals surface area contributed by atoms with Crippen molar-refractivity contribution in [1.29, 1.82) is 0 Å². The first kappa shape index (κ1) is 11.4. The van der Waals surface area contributed by atoms with Gasteiger partial charge >= 0.3 is 0 Å². The highest BCUT2D eigenvalue weighted by molar-refractivity contribution is 7.07. The molecule has 2 aromatic rings. The first-order valence-electron chi connectivity index (χ1n) is 5.47. The SMILES string of the molecule is COc1cc(C(O)c2ccsc2)cc2c1OCO2. The van der Waals surface area contributed by atoms with Crippen LogP contribution in [0.3, 0.4) is 0 Å². The quantitative estimate of drug-likeness (QED) is 0.925. The van der Waals surface area contributed by atoms with E-state index in [0.717, 1.165) is 11.1 Å². The van der Waals surface area contributed by atoms with Gasteiger partial charge in [0.05, 0.1) is 7.11 Å². The van der Waals surface area contributed by atoms with Crippen molar-refractivity contribution in [2.75, 3.05) is 13.9 Å². The Bertz CT molecular complexity index is 550. The minimum Gasteiger partial charge on any atom is -0.493 e. The number of methoxy groups -OCH3 is 1. The van der Waals surface area contributed by atoms with Crippen LogP contribution in [0.2, 0.25) is 0 Å². The maximum atomic E-state index is 10.3. The molecular weight excluding hydrogens is 252 g/mol. The van der Waals surface area contributed by atoms with Gasteiger partial charge in [0, 0.05) is 0 Å². The third-order valence-corrected chi connectivity index (χ3v) is 3.56. The fourth-order valence-electron chi connectivity index (χ4n) is 1.93. The number of ether oxygens (including phenoxy) is 3. The second kappa shape index (κ2) is 4.51. The Morgan fingerprint density at radius 1 is 1.33 bits per heavy atom. The molecule has 18 heavy (non-hydrogen) atoms. The van der Waals surface area contributed by atoms with Gasteiger partial charge in [0.25, 0.3) is 0 Å². The summed E-state index contributed by atoms with van der Waals surface area (Å²) >= 11 is 1.55. The summed E-state index contributed by atoms with van der Waals surface area (Å²) < 4.78 is 15.9. The summed E-state index contributed by atoms with van der Waals surface area (Å²) in [7, 11) is 1.57. The molecule has 1 aromatic heterocycles. The normalized spacial score (nSPS) is 14.6. The van der Waals surface area contributed by atoms with Gasteiger partial charge in [-0.1, -0.05) is 0 Å². The molecule has 1 unspecified atom stereocenters. The number of rotatable bonds is 3. The molecule has 5 heteroatoms. The van der Waals surface area contributed by atoms with E-state index in [1.165, 1.54) is 0 Å². The average Bonchev–Trinajstić information content (AvgIpc) is 3.07. The van der Waals surface area contributed by atoms with Gasteiger partial charge in [-0.15, -0.1) is 0 Å². The van der Waals surface area contributed by atoms with Gasteiger partial charge in [0.15, 0.2) is 11.5 Å². The molecule has 0 radical (unpaired) electrons. The van der Waals surface area contributed by atoms with Crippen molar-refractivity contribution in [3.05, 3.63) is 40.1 Å². The monoisotopic (exact) mass is 264 g/mol. The van der Waals surface area contributed by atoms with Crippen molar-refractivity contribution in [2.24, 2.45) is 0 Å². The molecule has 1 aromatic carbocycles. The van der Waals surface area contributed by atoms with E-state index in [4.69, 9.17) is 14.2 Å². The molecule has 0 saturated carbocycles. The second-order valence-corrected chi connectivity index (χ2v) is 4.70. The first-order valence-corrected chi connectivity index (χ1v) is 6.41. The van der Waals surface area contributed by atoms with E-state index in [9.17, 15) is 5.11 Å². The lowest BCUT2D eigenvalue weighted by Gasteiger charge is -2.12. The van der Waals surface area contributed by atoms with Crippen molar-refractivity contribution in [1.82, 2.24) is 0 Å². The van der Waals surface area contributed by atoms with Crippen LogP contribution in [0.15, 0.2) is 29.0 Å². The third kappa shape index (κ3) is 1.81. The molecule has 0 aliphatic carbocycles. The van der Waals surface area contributed by atoms with Crippen LogP contribution in [0.5, 0.6) is 17.2 Å². The van der Waals surface area contributed by atoms with Crippen molar-refractivity contribution < 1.29 is 19.3 Å². The Morgan fingerprint density at radius 3 is 2.94 bits per heavy atom. The fourth-order valence-corrected chi connectivity index (χ4v) is 2.61. The molecule has 0 amide bonds. The topological polar surface area (TPSA) is 47.9 Å². The molecule has 1 aliphatic heterocycles. The van der Waals surface area contributed by atoms with Crippen molar-refractivity contribution in [3.63, 3.8) is 0 Å². The number of aliphatic hydroxyl groups excluding tert-OH is 1. The zero-order chi connectivity index (χ0) is 12.5. The molecule has 3 rings (SSSR count). The molecular formula is C13H12O4S. The first-order chi connectivity index (χ1) is 8.79. The summed E-state index contributed by atoms with van der Waals surface area (Å²) in [4.78, 5) is 0. The van der Waals surface area contributed by atoms with Gasteiger partial charge in [-0.3, -0.25) is 0 Å². The zero-order valence-electron chi connectivity index (χ0n) is 9.75. The summed E-state index contributed by atoms with van der Waals surface area (Å²) in [6.45, 7) is 0.184. The summed E-state index contributed by atoms with van der Waals surface area (Å²) in [5, 5.41) is 14.1. The van der Waals surface area contributed by atoms with Crippen LogP contribution in [0, 0.1) is 0 Å². The van der Waals surface area contributed by atoms with Crippen LogP contribution in [0.25, 0.3) is 0 Å². The molecule has 1 atom stereocenters. The van der Waals surface area contributed by atoms with Gasteiger partial charge in [-0.25, -0.2) is 0 Å². The molecule has 1 aliphatic rings. The standard InChI is InChI=1S/C13H12O4S/c1-15-10-4-9(5-11-13(10)17-7-16-11)12(14)8-2-3-18-6-8/h2-6,12,14H,7H2,1H3. The summed E-state index contributed by atoms with van der Waals surface area (Å²) in [5.41, 5.74) is 1.59. The molecule has 4 nitrogen and oxygen atoms in total. The summed E-state index contributed by atoms with van der Waals surface area (Å²) in [6.07, 6.45) is -0.681. The molecule has 0 fully saturated rings. The van der Waals surface area contributed by atoms with Crippen molar-refractivity contribution in [3.8, 4) is 17.2 Å². The lowest BCUT2D eigenvalue weighted by Crippen LogP contribution is -1.99. The number of fused-ring (bicyclic) bond motifs is 1. The number of thiophene rings is 1. The Balaban J connectivity index is 2.03. The average molecular weight is 264 g/mol. The summed E-state index contributed by atoms with van der Waals surface area (Å²) in [5.74, 6) is 1.78. The number of aliphatic hydroxyl groups is 1. The van der Waals surface area contributed by atoms with Crippen LogP contribution in [-0.2, 0) is 0 Å². The Labute approximate surface area is 108 Å². The fraction of sp³-hybridized carbons (Fsp3) is 0.231. The zero-order valence-corrected chi connectivity index (χ0v) is 10.6. The van der Waals surface area contributed by atoms with E-state index in [0.29, 0.717) is 17.2 Å². The highest BCUT2D eigenvalue weighted by atomic mass is 32.1. The Kier molecular flexibility index (Phi) is 2.85.